The van der Waals surface area contributed by atoms with Gasteiger partial charge in [-0.2, -0.15) is 0 Å². The zero-order valence-electron chi connectivity index (χ0n) is 17.4. The molecule has 1 amide bonds. The lowest BCUT2D eigenvalue weighted by atomic mass is 9.69. The summed E-state index contributed by atoms with van der Waals surface area (Å²) < 4.78 is 4.75. The van der Waals surface area contributed by atoms with E-state index in [1.165, 1.54) is 24.0 Å². The van der Waals surface area contributed by atoms with Crippen molar-refractivity contribution in [2.24, 2.45) is 11.3 Å². The van der Waals surface area contributed by atoms with Gasteiger partial charge in [0.15, 0.2) is 0 Å². The van der Waals surface area contributed by atoms with Crippen molar-refractivity contribution < 1.29 is 14.3 Å². The molecule has 5 nitrogen and oxygen atoms in total. The molecular weight excluding hydrogens is 384 g/mol. The highest BCUT2D eigenvalue weighted by Gasteiger charge is 2.37. The van der Waals surface area contributed by atoms with Gasteiger partial charge >= 0.3 is 5.97 Å². The number of anilines is 1. The fourth-order valence-electron chi connectivity index (χ4n) is 4.35. The van der Waals surface area contributed by atoms with E-state index in [1.54, 1.807) is 23.5 Å². The molecule has 0 saturated carbocycles. The Morgan fingerprint density at radius 3 is 2.62 bits per heavy atom. The van der Waals surface area contributed by atoms with Crippen molar-refractivity contribution in [1.82, 2.24) is 5.32 Å². The summed E-state index contributed by atoms with van der Waals surface area (Å²) in [5.74, 6) is 0.284. The van der Waals surface area contributed by atoms with E-state index in [0.717, 1.165) is 35.4 Å². The Morgan fingerprint density at radius 1 is 1.24 bits per heavy atom. The van der Waals surface area contributed by atoms with Crippen molar-refractivity contribution >= 4 is 28.2 Å². The minimum absolute atomic E-state index is 0.00787. The topological polar surface area (TPSA) is 67.4 Å². The summed E-state index contributed by atoms with van der Waals surface area (Å²) in [5, 5.41) is 7.55. The summed E-state index contributed by atoms with van der Waals surface area (Å²) in [6.07, 6.45) is 4.04. The largest absolute Gasteiger partial charge is 0.465 e. The second kappa shape index (κ2) is 7.48. The molecule has 0 fully saturated rings. The predicted molar refractivity (Wildman–Crippen MR) is 116 cm³/mol. The Hall–Kier alpha value is -2.34. The van der Waals surface area contributed by atoms with Crippen molar-refractivity contribution in [3.63, 3.8) is 0 Å². The van der Waals surface area contributed by atoms with E-state index in [2.05, 4.69) is 31.4 Å². The minimum Gasteiger partial charge on any atom is -0.465 e. The number of rotatable bonds is 4. The molecule has 2 aromatic rings. The van der Waals surface area contributed by atoms with Crippen LogP contribution in [0, 0.1) is 11.3 Å². The van der Waals surface area contributed by atoms with Gasteiger partial charge in [0.1, 0.15) is 11.2 Å². The van der Waals surface area contributed by atoms with Gasteiger partial charge in [-0.1, -0.05) is 39.3 Å². The fourth-order valence-corrected chi connectivity index (χ4v) is 5.70. The molecule has 1 aromatic carbocycles. The highest BCUT2D eigenvalue weighted by molar-refractivity contribution is 7.16. The quantitative estimate of drug-likeness (QED) is 0.699. The molecule has 2 N–H and O–H groups in total. The molecule has 0 spiro atoms. The van der Waals surface area contributed by atoms with Gasteiger partial charge in [0.05, 0.1) is 18.2 Å². The number of carbonyl (C=O) groups excluding carboxylic acids is 2. The van der Waals surface area contributed by atoms with Crippen LogP contribution in [0.25, 0.3) is 0 Å². The number of hydrogen-bond acceptors (Lipinski definition) is 5. The van der Waals surface area contributed by atoms with E-state index in [0.29, 0.717) is 16.9 Å². The van der Waals surface area contributed by atoms with Gasteiger partial charge in [0, 0.05) is 4.88 Å². The fraction of sp³-hybridized carbons (Fsp3) is 0.478. The lowest BCUT2D eigenvalue weighted by Gasteiger charge is -2.36. The van der Waals surface area contributed by atoms with Crippen LogP contribution in [0.1, 0.15) is 76.5 Å². The van der Waals surface area contributed by atoms with Crippen LogP contribution in [0.2, 0.25) is 0 Å². The molecule has 154 valence electrons. The maximum absolute atomic E-state index is 12.9. The molecular formula is C23H28N2O3S. The van der Waals surface area contributed by atoms with E-state index < -0.39 is 0 Å². The number of fused-ring (bicyclic) bond motifs is 3. The Labute approximate surface area is 175 Å². The molecule has 1 aliphatic carbocycles. The van der Waals surface area contributed by atoms with Crippen molar-refractivity contribution in [2.45, 2.75) is 52.6 Å². The number of carbonyl (C=O) groups is 2. The van der Waals surface area contributed by atoms with E-state index in [4.69, 9.17) is 4.74 Å². The summed E-state index contributed by atoms with van der Waals surface area (Å²) in [6.45, 7) is 6.98. The summed E-state index contributed by atoms with van der Waals surface area (Å²) in [6, 6.07) is 7.15. The summed E-state index contributed by atoms with van der Waals surface area (Å²) in [5.41, 5.74) is 3.79. The van der Waals surface area contributed by atoms with Crippen LogP contribution in [0.5, 0.6) is 0 Å². The molecule has 6 heteroatoms. The molecule has 0 bridgehead atoms. The van der Waals surface area contributed by atoms with Crippen LogP contribution < -0.4 is 10.6 Å². The van der Waals surface area contributed by atoms with Gasteiger partial charge in [-0.25, -0.2) is 4.79 Å². The molecule has 0 saturated heterocycles. The number of amides is 1. The zero-order valence-corrected chi connectivity index (χ0v) is 18.2. The number of esters is 1. The number of hydrogen-bond donors (Lipinski definition) is 2. The van der Waals surface area contributed by atoms with Crippen molar-refractivity contribution in [3.05, 3.63) is 51.4 Å². The number of methoxy groups -OCH3 is 1. The van der Waals surface area contributed by atoms with Crippen LogP contribution in [0.3, 0.4) is 0 Å². The zero-order chi connectivity index (χ0) is 20.8. The molecule has 4 rings (SSSR count). The standard InChI is InChI=1S/C23H28N2O3S/c1-5-23(2,3)15-10-11-16-17(12-15)29-21-18(16)20(26)24-19(25-21)13-6-8-14(9-7-13)22(27)28-4/h6-9,15,19,25H,5,10-12H2,1-4H3,(H,24,26)/t15-,19+/m0/s1. The predicted octanol–water partition coefficient (Wildman–Crippen LogP) is 4.93. The van der Waals surface area contributed by atoms with Crippen LogP contribution in [-0.2, 0) is 17.6 Å². The van der Waals surface area contributed by atoms with Crippen molar-refractivity contribution in [1.29, 1.82) is 0 Å². The normalized spacial score (nSPS) is 20.9. The smallest absolute Gasteiger partial charge is 0.337 e. The molecule has 1 aliphatic heterocycles. The molecule has 2 atom stereocenters. The first-order chi connectivity index (χ1) is 13.8. The van der Waals surface area contributed by atoms with Gasteiger partial charge in [0.2, 0.25) is 0 Å². The van der Waals surface area contributed by atoms with E-state index in [-0.39, 0.29) is 18.0 Å². The maximum Gasteiger partial charge on any atom is 0.337 e. The SMILES string of the molecule is CCC(C)(C)[C@H]1CCc2c(sc3c2C(=O)N[C@@H](c2ccc(C(=O)OC)cc2)N3)C1. The lowest BCUT2D eigenvalue weighted by molar-refractivity contribution is 0.0600. The number of ether oxygens (including phenoxy) is 1. The highest BCUT2D eigenvalue weighted by Crippen LogP contribution is 2.46. The first kappa shape index (κ1) is 20.0. The van der Waals surface area contributed by atoms with Crippen LogP contribution in [0.15, 0.2) is 24.3 Å². The first-order valence-electron chi connectivity index (χ1n) is 10.2. The molecule has 2 aliphatic rings. The van der Waals surface area contributed by atoms with Crippen LogP contribution >= 0.6 is 11.3 Å². The third-order valence-electron chi connectivity index (χ3n) is 6.72. The van der Waals surface area contributed by atoms with Gasteiger partial charge in [-0.3, -0.25) is 4.79 Å². The highest BCUT2D eigenvalue weighted by atomic mass is 32.1. The molecule has 29 heavy (non-hydrogen) atoms. The average molecular weight is 413 g/mol. The molecule has 2 heterocycles. The monoisotopic (exact) mass is 412 g/mol. The Balaban J connectivity index is 1.58. The molecule has 0 unspecified atom stereocenters. The summed E-state index contributed by atoms with van der Waals surface area (Å²) >= 11 is 1.74. The summed E-state index contributed by atoms with van der Waals surface area (Å²) in [4.78, 5) is 25.9. The van der Waals surface area contributed by atoms with Gasteiger partial charge in [-0.15, -0.1) is 11.3 Å². The first-order valence-corrected chi connectivity index (χ1v) is 11.1. The van der Waals surface area contributed by atoms with Crippen LogP contribution in [-0.4, -0.2) is 19.0 Å². The summed E-state index contributed by atoms with van der Waals surface area (Å²) in [7, 11) is 1.37. The number of thiophene rings is 1. The molecule has 0 radical (unpaired) electrons. The van der Waals surface area contributed by atoms with Crippen molar-refractivity contribution in [3.8, 4) is 0 Å². The minimum atomic E-state index is -0.366. The second-order valence-electron chi connectivity index (χ2n) is 8.65. The average Bonchev–Trinajstić information content (AvgIpc) is 3.11. The van der Waals surface area contributed by atoms with E-state index in [1.807, 2.05) is 12.1 Å². The number of benzene rings is 1. The van der Waals surface area contributed by atoms with Gasteiger partial charge in [0.25, 0.3) is 5.91 Å². The second-order valence-corrected chi connectivity index (χ2v) is 9.76. The Morgan fingerprint density at radius 2 is 1.97 bits per heavy atom. The Kier molecular flexibility index (Phi) is 5.15. The molecule has 1 aromatic heterocycles. The van der Waals surface area contributed by atoms with E-state index >= 15 is 0 Å². The Bertz CT molecular complexity index is 946. The third-order valence-corrected chi connectivity index (χ3v) is 7.91. The number of nitrogens with one attached hydrogen (secondary N) is 2. The van der Waals surface area contributed by atoms with Crippen LogP contribution in [0.4, 0.5) is 5.00 Å². The van der Waals surface area contributed by atoms with Gasteiger partial charge in [-0.05, 0) is 53.9 Å². The third kappa shape index (κ3) is 3.54. The van der Waals surface area contributed by atoms with Crippen molar-refractivity contribution in [2.75, 3.05) is 12.4 Å². The maximum atomic E-state index is 12.9. The van der Waals surface area contributed by atoms with Gasteiger partial charge < -0.3 is 15.4 Å². The lowest BCUT2D eigenvalue weighted by Crippen LogP contribution is -2.38. The van der Waals surface area contributed by atoms with E-state index in [9.17, 15) is 9.59 Å².